The lowest BCUT2D eigenvalue weighted by Gasteiger charge is -2.11. The van der Waals surface area contributed by atoms with Crippen molar-refractivity contribution in [3.63, 3.8) is 0 Å². The van der Waals surface area contributed by atoms with Crippen molar-refractivity contribution in [2.45, 2.75) is 18.7 Å². The van der Waals surface area contributed by atoms with E-state index >= 15 is 0 Å². The normalized spacial score (nSPS) is 11.8. The van der Waals surface area contributed by atoms with Crippen LogP contribution in [-0.4, -0.2) is 16.6 Å². The SMILES string of the molecule is C[C@H](SCC(=O)NCc1ccc(F)cc1)c1cccc([N+](=O)[O-])c1. The van der Waals surface area contributed by atoms with E-state index in [9.17, 15) is 19.3 Å². The molecule has 2 aromatic rings. The zero-order valence-corrected chi connectivity index (χ0v) is 13.9. The van der Waals surface area contributed by atoms with Gasteiger partial charge in [-0.15, -0.1) is 11.8 Å². The van der Waals surface area contributed by atoms with Gasteiger partial charge in [0, 0.05) is 23.9 Å². The third-order valence-electron chi connectivity index (χ3n) is 3.42. The number of nitro benzene ring substituents is 1. The summed E-state index contributed by atoms with van der Waals surface area (Å²) in [5, 5.41) is 13.5. The van der Waals surface area contributed by atoms with Crippen LogP contribution in [0.5, 0.6) is 0 Å². The summed E-state index contributed by atoms with van der Waals surface area (Å²) in [5.74, 6) is -0.210. The van der Waals surface area contributed by atoms with E-state index in [2.05, 4.69) is 5.32 Å². The predicted molar refractivity (Wildman–Crippen MR) is 92.2 cm³/mol. The highest BCUT2D eigenvalue weighted by Gasteiger charge is 2.13. The fourth-order valence-electron chi connectivity index (χ4n) is 2.04. The Hall–Kier alpha value is -2.41. The molecule has 0 heterocycles. The Morgan fingerprint density at radius 3 is 2.67 bits per heavy atom. The number of amides is 1. The highest BCUT2D eigenvalue weighted by atomic mass is 32.2. The highest BCUT2D eigenvalue weighted by Crippen LogP contribution is 2.29. The van der Waals surface area contributed by atoms with Crippen LogP contribution in [0.1, 0.15) is 23.3 Å². The lowest BCUT2D eigenvalue weighted by molar-refractivity contribution is -0.384. The second-order valence-electron chi connectivity index (χ2n) is 5.21. The van der Waals surface area contributed by atoms with E-state index in [0.29, 0.717) is 6.54 Å². The van der Waals surface area contributed by atoms with Crippen LogP contribution in [0.3, 0.4) is 0 Å². The van der Waals surface area contributed by atoms with Gasteiger partial charge < -0.3 is 5.32 Å². The fraction of sp³-hybridized carbons (Fsp3) is 0.235. The number of carbonyl (C=O) groups is 1. The van der Waals surface area contributed by atoms with Crippen LogP contribution < -0.4 is 5.32 Å². The minimum Gasteiger partial charge on any atom is -0.351 e. The van der Waals surface area contributed by atoms with Gasteiger partial charge in [-0.1, -0.05) is 24.3 Å². The molecule has 2 rings (SSSR count). The molecule has 0 fully saturated rings. The van der Waals surface area contributed by atoms with Crippen molar-refractivity contribution >= 4 is 23.4 Å². The van der Waals surface area contributed by atoms with E-state index in [1.807, 2.05) is 6.92 Å². The van der Waals surface area contributed by atoms with Gasteiger partial charge in [0.25, 0.3) is 5.69 Å². The van der Waals surface area contributed by atoms with Gasteiger partial charge in [0.1, 0.15) is 5.82 Å². The van der Waals surface area contributed by atoms with Gasteiger partial charge in [-0.2, -0.15) is 0 Å². The van der Waals surface area contributed by atoms with Crippen molar-refractivity contribution in [3.05, 3.63) is 75.6 Å². The van der Waals surface area contributed by atoms with E-state index in [1.165, 1.54) is 36.0 Å². The highest BCUT2D eigenvalue weighted by molar-refractivity contribution is 8.00. The largest absolute Gasteiger partial charge is 0.351 e. The summed E-state index contributed by atoms with van der Waals surface area (Å²) in [6.45, 7) is 2.24. The van der Waals surface area contributed by atoms with E-state index in [1.54, 1.807) is 24.3 Å². The molecule has 0 spiro atoms. The number of nitro groups is 1. The second-order valence-corrected chi connectivity index (χ2v) is 6.54. The maximum Gasteiger partial charge on any atom is 0.269 e. The van der Waals surface area contributed by atoms with Crippen LogP contribution in [0.4, 0.5) is 10.1 Å². The number of hydrogen-bond donors (Lipinski definition) is 1. The molecule has 7 heteroatoms. The molecular formula is C17H17FN2O3S. The van der Waals surface area contributed by atoms with Crippen molar-refractivity contribution in [3.8, 4) is 0 Å². The quantitative estimate of drug-likeness (QED) is 0.609. The van der Waals surface area contributed by atoms with Gasteiger partial charge in [0.2, 0.25) is 5.91 Å². The summed E-state index contributed by atoms with van der Waals surface area (Å²) in [7, 11) is 0. The topological polar surface area (TPSA) is 72.2 Å². The number of nitrogens with one attached hydrogen (secondary N) is 1. The molecule has 1 atom stereocenters. The van der Waals surface area contributed by atoms with E-state index in [0.717, 1.165) is 11.1 Å². The monoisotopic (exact) mass is 348 g/mol. The van der Waals surface area contributed by atoms with Crippen LogP contribution in [0.25, 0.3) is 0 Å². The summed E-state index contributed by atoms with van der Waals surface area (Å²) < 4.78 is 12.8. The summed E-state index contributed by atoms with van der Waals surface area (Å²) in [6.07, 6.45) is 0. The summed E-state index contributed by atoms with van der Waals surface area (Å²) >= 11 is 1.40. The second kappa shape index (κ2) is 8.44. The standard InChI is InChI=1S/C17H17FN2O3S/c1-12(14-3-2-4-16(9-14)20(22)23)24-11-17(21)19-10-13-5-7-15(18)8-6-13/h2-9,12H,10-11H2,1H3,(H,19,21)/t12-/m0/s1. The average Bonchev–Trinajstić information content (AvgIpc) is 2.59. The molecule has 1 N–H and O–H groups in total. The molecule has 0 aliphatic carbocycles. The summed E-state index contributed by atoms with van der Waals surface area (Å²) in [6, 6.07) is 12.3. The first-order valence-corrected chi connectivity index (χ1v) is 8.37. The van der Waals surface area contributed by atoms with Gasteiger partial charge in [0.05, 0.1) is 10.7 Å². The first-order chi connectivity index (χ1) is 11.5. The predicted octanol–water partition coefficient (Wildman–Crippen LogP) is 3.84. The average molecular weight is 348 g/mol. The molecule has 126 valence electrons. The van der Waals surface area contributed by atoms with E-state index < -0.39 is 4.92 Å². The molecule has 0 bridgehead atoms. The Bertz CT molecular complexity index is 722. The minimum atomic E-state index is -0.434. The van der Waals surface area contributed by atoms with Gasteiger partial charge in [-0.05, 0) is 30.2 Å². The van der Waals surface area contributed by atoms with Gasteiger partial charge in [-0.3, -0.25) is 14.9 Å². The number of benzene rings is 2. The number of halogens is 1. The van der Waals surface area contributed by atoms with Gasteiger partial charge in [0.15, 0.2) is 0 Å². The van der Waals surface area contributed by atoms with Crippen molar-refractivity contribution in [2.75, 3.05) is 5.75 Å². The maximum atomic E-state index is 12.8. The molecule has 24 heavy (non-hydrogen) atoms. The molecule has 1 amide bonds. The van der Waals surface area contributed by atoms with Crippen LogP contribution in [-0.2, 0) is 11.3 Å². The first-order valence-electron chi connectivity index (χ1n) is 7.33. The molecule has 0 unspecified atom stereocenters. The molecular weight excluding hydrogens is 331 g/mol. The Labute approximate surface area is 143 Å². The van der Waals surface area contributed by atoms with Crippen LogP contribution in [0.2, 0.25) is 0 Å². The molecule has 0 aliphatic heterocycles. The molecule has 5 nitrogen and oxygen atoms in total. The molecule has 0 saturated heterocycles. The smallest absolute Gasteiger partial charge is 0.269 e. The number of nitrogens with zero attached hydrogens (tertiary/aromatic N) is 1. The summed E-state index contributed by atoms with van der Waals surface area (Å²) in [5.41, 5.74) is 1.67. The fourth-order valence-corrected chi connectivity index (χ4v) is 2.88. The Balaban J connectivity index is 1.81. The maximum absolute atomic E-state index is 12.8. The molecule has 0 aliphatic rings. The Kier molecular flexibility index (Phi) is 6.31. The zero-order valence-electron chi connectivity index (χ0n) is 13.1. The van der Waals surface area contributed by atoms with E-state index in [4.69, 9.17) is 0 Å². The van der Waals surface area contributed by atoms with Crippen LogP contribution in [0.15, 0.2) is 48.5 Å². The molecule has 2 aromatic carbocycles. The molecule has 0 saturated carbocycles. The number of carbonyl (C=O) groups excluding carboxylic acids is 1. The van der Waals surface area contributed by atoms with Crippen molar-refractivity contribution in [1.82, 2.24) is 5.32 Å². The van der Waals surface area contributed by atoms with Gasteiger partial charge in [-0.25, -0.2) is 4.39 Å². The van der Waals surface area contributed by atoms with Gasteiger partial charge >= 0.3 is 0 Å². The molecule has 0 radical (unpaired) electrons. The lowest BCUT2D eigenvalue weighted by atomic mass is 10.1. The number of hydrogen-bond acceptors (Lipinski definition) is 4. The van der Waals surface area contributed by atoms with Crippen LogP contribution >= 0.6 is 11.8 Å². The third-order valence-corrected chi connectivity index (χ3v) is 4.62. The number of rotatable bonds is 7. The van der Waals surface area contributed by atoms with Crippen molar-refractivity contribution in [1.29, 1.82) is 0 Å². The lowest BCUT2D eigenvalue weighted by Crippen LogP contribution is -2.24. The molecule has 0 aromatic heterocycles. The van der Waals surface area contributed by atoms with E-state index in [-0.39, 0.29) is 28.4 Å². The third kappa shape index (κ3) is 5.34. The number of non-ortho nitro benzene ring substituents is 1. The first kappa shape index (κ1) is 17.9. The van der Waals surface area contributed by atoms with Crippen molar-refractivity contribution < 1.29 is 14.1 Å². The Morgan fingerprint density at radius 1 is 1.29 bits per heavy atom. The number of thioether (sulfide) groups is 1. The minimum absolute atomic E-state index is 0.0403. The van der Waals surface area contributed by atoms with Crippen LogP contribution in [0, 0.1) is 15.9 Å². The zero-order chi connectivity index (χ0) is 17.5. The van der Waals surface area contributed by atoms with Crippen molar-refractivity contribution in [2.24, 2.45) is 0 Å². The Morgan fingerprint density at radius 2 is 2.00 bits per heavy atom. The summed E-state index contributed by atoms with van der Waals surface area (Å²) in [4.78, 5) is 22.2.